The van der Waals surface area contributed by atoms with Gasteiger partial charge in [-0.25, -0.2) is 0 Å². The third-order valence-electron chi connectivity index (χ3n) is 1.57. The Morgan fingerprint density at radius 3 is 2.00 bits per heavy atom. The van der Waals surface area contributed by atoms with Crippen LogP contribution in [0.3, 0.4) is 0 Å². The Labute approximate surface area is 64.2 Å². The van der Waals surface area contributed by atoms with Crippen molar-refractivity contribution in [1.29, 1.82) is 0 Å². The van der Waals surface area contributed by atoms with Crippen molar-refractivity contribution < 1.29 is 4.65 Å². The van der Waals surface area contributed by atoms with Crippen LogP contribution < -0.4 is 5.73 Å². The van der Waals surface area contributed by atoms with Gasteiger partial charge in [-0.2, -0.15) is 0 Å². The van der Waals surface area contributed by atoms with Gasteiger partial charge in [0.05, 0.1) is 0 Å². The first-order chi connectivity index (χ1) is 4.52. The van der Waals surface area contributed by atoms with Gasteiger partial charge in [0, 0.05) is 12.0 Å². The molecule has 0 rings (SSSR count). The highest BCUT2D eigenvalue weighted by molar-refractivity contribution is 6.55. The fraction of sp³-hybridized carbons (Fsp3) is 1.00. The summed E-state index contributed by atoms with van der Waals surface area (Å²) in [7, 11) is 0. The first-order valence-corrected chi connectivity index (χ1v) is 3.92. The fourth-order valence-corrected chi connectivity index (χ4v) is 1.06. The second-order valence-corrected chi connectivity index (χ2v) is 3.17. The van der Waals surface area contributed by atoms with Gasteiger partial charge in [-0.3, -0.25) is 0 Å². The van der Waals surface area contributed by atoms with Gasteiger partial charge in [-0.15, -0.1) is 0 Å². The van der Waals surface area contributed by atoms with E-state index in [-0.39, 0.29) is 12.4 Å². The molecule has 0 saturated heterocycles. The highest BCUT2D eigenvalue weighted by atomic mass is 16.4. The third kappa shape index (κ3) is 3.23. The molecule has 10 heavy (non-hydrogen) atoms. The molecule has 0 radical (unpaired) electrons. The quantitative estimate of drug-likeness (QED) is 0.602. The largest absolute Gasteiger partial charge is 0.434 e. The van der Waals surface area contributed by atoms with Crippen LogP contribution in [0.2, 0.25) is 6.32 Å². The summed E-state index contributed by atoms with van der Waals surface area (Å²) in [5.74, 6) is 0. The van der Waals surface area contributed by atoms with Crippen molar-refractivity contribution >= 4 is 6.92 Å². The van der Waals surface area contributed by atoms with Crippen molar-refractivity contribution in [3.8, 4) is 0 Å². The van der Waals surface area contributed by atoms with Crippen LogP contribution in [0.1, 0.15) is 27.7 Å². The molecule has 0 fully saturated rings. The lowest BCUT2D eigenvalue weighted by atomic mass is 9.50. The van der Waals surface area contributed by atoms with Crippen molar-refractivity contribution in [2.45, 2.75) is 39.5 Å². The highest BCUT2D eigenvalue weighted by Crippen LogP contribution is 2.08. The minimum absolute atomic E-state index is 0.192. The zero-order chi connectivity index (χ0) is 8.20. The van der Waals surface area contributed by atoms with Gasteiger partial charge in [0.15, 0.2) is 0 Å². The van der Waals surface area contributed by atoms with Crippen LogP contribution in [-0.4, -0.2) is 19.0 Å². The van der Waals surface area contributed by atoms with Gasteiger partial charge in [0.25, 0.3) is 0 Å². The van der Waals surface area contributed by atoms with Gasteiger partial charge < -0.3 is 10.4 Å². The molecule has 0 bridgehead atoms. The molecule has 0 aliphatic rings. The van der Waals surface area contributed by atoms with E-state index in [2.05, 4.69) is 6.92 Å². The zero-order valence-corrected chi connectivity index (χ0v) is 7.48. The molecule has 0 heterocycles. The summed E-state index contributed by atoms with van der Waals surface area (Å²) in [5.41, 5.74) is 5.65. The molecule has 0 aromatic heterocycles. The molecule has 0 atom stereocenters. The normalized spacial score (nSPS) is 11.7. The molecule has 2 N–H and O–H groups in total. The summed E-state index contributed by atoms with van der Waals surface area (Å²) in [6.45, 7) is 9.02. The molecule has 3 heteroatoms. The summed E-state index contributed by atoms with van der Waals surface area (Å²) in [4.78, 5) is 0. The number of hydrogen-bond acceptors (Lipinski definition) is 2. The Kier molecular flexibility index (Phi) is 3.98. The van der Waals surface area contributed by atoms with Gasteiger partial charge in [0.2, 0.25) is 0 Å². The van der Waals surface area contributed by atoms with Gasteiger partial charge in [-0.05, 0) is 13.2 Å². The average Bonchev–Trinajstić information content (AvgIpc) is 1.80. The maximum atomic E-state index is 5.85. The lowest BCUT2D eigenvalue weighted by Crippen LogP contribution is -2.50. The maximum Gasteiger partial charge on any atom is 0.312 e. The van der Waals surface area contributed by atoms with Crippen molar-refractivity contribution in [2.75, 3.05) is 6.61 Å². The van der Waals surface area contributed by atoms with Crippen molar-refractivity contribution in [3.63, 3.8) is 0 Å². The molecule has 0 saturated carbocycles. The van der Waals surface area contributed by atoms with Crippen molar-refractivity contribution in [2.24, 2.45) is 5.73 Å². The summed E-state index contributed by atoms with van der Waals surface area (Å²) in [6.07, 6.45) is 0.983. The molecular formula is C7H18BNO. The van der Waals surface area contributed by atoms with E-state index in [4.69, 9.17) is 10.4 Å². The molecule has 0 aliphatic carbocycles. The first kappa shape index (κ1) is 9.98. The van der Waals surface area contributed by atoms with E-state index in [1.165, 1.54) is 0 Å². The summed E-state index contributed by atoms with van der Waals surface area (Å²) in [6, 6.07) is 0. The molecule has 0 amide bonds. The molecule has 0 aromatic carbocycles. The SMILES string of the molecule is CCOB(CC)C(C)(C)N. The van der Waals surface area contributed by atoms with Crippen LogP contribution in [0.15, 0.2) is 0 Å². The molecule has 0 spiro atoms. The second kappa shape index (κ2) is 3.99. The number of rotatable bonds is 4. The molecule has 0 aromatic rings. The lowest BCUT2D eigenvalue weighted by Gasteiger charge is -2.25. The Morgan fingerprint density at radius 1 is 1.40 bits per heavy atom. The Hall–Kier alpha value is -0.0151. The molecular weight excluding hydrogens is 125 g/mol. The molecule has 0 unspecified atom stereocenters. The predicted octanol–water partition coefficient (Wildman–Crippen LogP) is 1.31. The zero-order valence-electron chi connectivity index (χ0n) is 7.48. The maximum absolute atomic E-state index is 5.85. The Balaban J connectivity index is 3.81. The summed E-state index contributed by atoms with van der Waals surface area (Å²) in [5, 5.41) is 0. The third-order valence-corrected chi connectivity index (χ3v) is 1.57. The summed E-state index contributed by atoms with van der Waals surface area (Å²) < 4.78 is 5.43. The Bertz CT molecular complexity index is 90.1. The molecule has 60 valence electrons. The first-order valence-electron chi connectivity index (χ1n) is 3.92. The highest BCUT2D eigenvalue weighted by Gasteiger charge is 2.28. The van der Waals surface area contributed by atoms with E-state index in [1.807, 2.05) is 20.8 Å². The fourth-order valence-electron chi connectivity index (χ4n) is 1.06. The van der Waals surface area contributed by atoms with Gasteiger partial charge in [-0.1, -0.05) is 20.8 Å². The minimum Gasteiger partial charge on any atom is -0.434 e. The lowest BCUT2D eigenvalue weighted by molar-refractivity contribution is 0.322. The van der Waals surface area contributed by atoms with Crippen molar-refractivity contribution in [3.05, 3.63) is 0 Å². The van der Waals surface area contributed by atoms with Crippen LogP contribution in [0, 0.1) is 0 Å². The molecule has 0 aliphatic heterocycles. The van der Waals surface area contributed by atoms with E-state index in [0.29, 0.717) is 0 Å². The van der Waals surface area contributed by atoms with Crippen LogP contribution in [0.5, 0.6) is 0 Å². The topological polar surface area (TPSA) is 35.2 Å². The van der Waals surface area contributed by atoms with Gasteiger partial charge in [0.1, 0.15) is 0 Å². The monoisotopic (exact) mass is 143 g/mol. The van der Waals surface area contributed by atoms with Crippen LogP contribution in [0.4, 0.5) is 0 Å². The predicted molar refractivity (Wildman–Crippen MR) is 46.1 cm³/mol. The van der Waals surface area contributed by atoms with E-state index < -0.39 is 0 Å². The van der Waals surface area contributed by atoms with Gasteiger partial charge >= 0.3 is 6.92 Å². The van der Waals surface area contributed by atoms with E-state index in [9.17, 15) is 0 Å². The Morgan fingerprint density at radius 2 is 1.90 bits per heavy atom. The van der Waals surface area contributed by atoms with E-state index >= 15 is 0 Å². The summed E-state index contributed by atoms with van der Waals surface area (Å²) >= 11 is 0. The standard InChI is InChI=1S/C7H18BNO/c1-5-8(10-6-2)7(3,4)9/h5-6,9H2,1-4H3. The van der Waals surface area contributed by atoms with E-state index in [0.717, 1.165) is 12.9 Å². The van der Waals surface area contributed by atoms with E-state index in [1.54, 1.807) is 0 Å². The number of hydrogen-bond donors (Lipinski definition) is 1. The second-order valence-electron chi connectivity index (χ2n) is 3.17. The smallest absolute Gasteiger partial charge is 0.312 e. The van der Waals surface area contributed by atoms with Crippen molar-refractivity contribution in [1.82, 2.24) is 0 Å². The van der Waals surface area contributed by atoms with Crippen LogP contribution in [-0.2, 0) is 4.65 Å². The minimum atomic E-state index is -0.204. The average molecular weight is 143 g/mol. The van der Waals surface area contributed by atoms with Crippen LogP contribution >= 0.6 is 0 Å². The number of nitrogens with two attached hydrogens (primary N) is 1. The molecule has 2 nitrogen and oxygen atoms in total. The van der Waals surface area contributed by atoms with Crippen LogP contribution in [0.25, 0.3) is 0 Å².